The number of ether oxygens (including phenoxy) is 2. The van der Waals surface area contributed by atoms with Gasteiger partial charge in [0.15, 0.2) is 6.10 Å². The molecule has 0 aliphatic carbocycles. The molecule has 8 nitrogen and oxygen atoms in total. The smallest absolute Gasteiger partial charge is 0.462 e. The molecular formula is C38H69O8P. The van der Waals surface area contributed by atoms with Crippen LogP contribution >= 0.6 is 7.82 Å². The molecule has 0 fully saturated rings. The summed E-state index contributed by atoms with van der Waals surface area (Å²) in [5.41, 5.74) is 0. The predicted molar refractivity (Wildman–Crippen MR) is 193 cm³/mol. The number of esters is 2. The second-order valence-electron chi connectivity index (χ2n) is 12.5. The van der Waals surface area contributed by atoms with Gasteiger partial charge in [-0.2, -0.15) is 0 Å². The van der Waals surface area contributed by atoms with Crippen LogP contribution in [0, 0.1) is 0 Å². The van der Waals surface area contributed by atoms with Gasteiger partial charge in [0.25, 0.3) is 0 Å². The molecule has 0 amide bonds. The zero-order valence-corrected chi connectivity index (χ0v) is 30.8. The maximum absolute atomic E-state index is 12.3. The molecule has 0 rings (SSSR count). The van der Waals surface area contributed by atoms with E-state index in [2.05, 4.69) is 54.8 Å². The third kappa shape index (κ3) is 36.9. The molecule has 0 heterocycles. The highest BCUT2D eigenvalue weighted by Gasteiger charge is 2.22. The SMILES string of the molecule is CC/C=C\C/C=C\C/C=C\CCCCCCCC(=O)OC[C@H](COP(=O)(O)O)OC(=O)CCCCCCCCCCCCCCCC. The number of hydrogen-bond donors (Lipinski definition) is 2. The maximum atomic E-state index is 12.3. The summed E-state index contributed by atoms with van der Waals surface area (Å²) >= 11 is 0. The average Bonchev–Trinajstić information content (AvgIpc) is 3.03. The van der Waals surface area contributed by atoms with Gasteiger partial charge in [0, 0.05) is 12.8 Å². The highest BCUT2D eigenvalue weighted by atomic mass is 31.2. The monoisotopic (exact) mass is 684 g/mol. The number of allylic oxidation sites excluding steroid dienone is 6. The van der Waals surface area contributed by atoms with Gasteiger partial charge in [0.1, 0.15) is 6.61 Å². The number of hydrogen-bond acceptors (Lipinski definition) is 6. The molecule has 2 N–H and O–H groups in total. The fourth-order valence-electron chi connectivity index (χ4n) is 5.15. The van der Waals surface area contributed by atoms with Crippen LogP contribution in [0.2, 0.25) is 0 Å². The molecule has 0 bridgehead atoms. The Morgan fingerprint density at radius 1 is 0.574 bits per heavy atom. The second kappa shape index (κ2) is 34.1. The van der Waals surface area contributed by atoms with Gasteiger partial charge in [0.05, 0.1) is 6.61 Å². The Hall–Kier alpha value is -1.73. The van der Waals surface area contributed by atoms with E-state index in [1.807, 2.05) is 0 Å². The van der Waals surface area contributed by atoms with Crippen LogP contribution in [0.25, 0.3) is 0 Å². The van der Waals surface area contributed by atoms with Crippen LogP contribution in [-0.4, -0.2) is 41.0 Å². The van der Waals surface area contributed by atoms with E-state index < -0.39 is 32.5 Å². The van der Waals surface area contributed by atoms with Crippen molar-refractivity contribution in [3.8, 4) is 0 Å². The molecule has 0 saturated carbocycles. The van der Waals surface area contributed by atoms with Crippen LogP contribution in [-0.2, 0) is 28.2 Å². The van der Waals surface area contributed by atoms with E-state index in [-0.39, 0.29) is 19.4 Å². The molecule has 0 aliphatic rings. The maximum Gasteiger partial charge on any atom is 0.469 e. The van der Waals surface area contributed by atoms with Crippen molar-refractivity contribution in [1.82, 2.24) is 0 Å². The molecule has 0 saturated heterocycles. The molecule has 0 unspecified atom stereocenters. The average molecular weight is 685 g/mol. The lowest BCUT2D eigenvalue weighted by molar-refractivity contribution is -0.161. The molecule has 9 heteroatoms. The quantitative estimate of drug-likeness (QED) is 0.0297. The zero-order valence-electron chi connectivity index (χ0n) is 29.9. The highest BCUT2D eigenvalue weighted by molar-refractivity contribution is 7.46. The van der Waals surface area contributed by atoms with Gasteiger partial charge >= 0.3 is 19.8 Å². The summed E-state index contributed by atoms with van der Waals surface area (Å²) in [6.07, 6.45) is 38.6. The van der Waals surface area contributed by atoms with E-state index in [0.29, 0.717) is 12.8 Å². The zero-order chi connectivity index (χ0) is 34.7. The first-order valence-corrected chi connectivity index (χ1v) is 20.3. The summed E-state index contributed by atoms with van der Waals surface area (Å²) in [5.74, 6) is -0.902. The van der Waals surface area contributed by atoms with Crippen molar-refractivity contribution in [2.45, 2.75) is 180 Å². The van der Waals surface area contributed by atoms with Crippen molar-refractivity contribution in [3.05, 3.63) is 36.5 Å². The topological polar surface area (TPSA) is 119 Å². The van der Waals surface area contributed by atoms with E-state index in [1.54, 1.807) is 0 Å². The Morgan fingerprint density at radius 3 is 1.53 bits per heavy atom. The van der Waals surface area contributed by atoms with Crippen LogP contribution in [0.4, 0.5) is 0 Å². The molecule has 1 atom stereocenters. The lowest BCUT2D eigenvalue weighted by atomic mass is 10.0. The van der Waals surface area contributed by atoms with Crippen molar-refractivity contribution in [2.75, 3.05) is 13.2 Å². The number of rotatable bonds is 34. The fraction of sp³-hybridized carbons (Fsp3) is 0.789. The summed E-state index contributed by atoms with van der Waals surface area (Å²) < 4.78 is 26.3. The predicted octanol–water partition coefficient (Wildman–Crippen LogP) is 11.0. The van der Waals surface area contributed by atoms with Crippen molar-refractivity contribution in [1.29, 1.82) is 0 Å². The summed E-state index contributed by atoms with van der Waals surface area (Å²) in [6.45, 7) is 3.55. The van der Waals surface area contributed by atoms with Crippen molar-refractivity contribution >= 4 is 19.8 Å². The minimum Gasteiger partial charge on any atom is -0.462 e. The van der Waals surface area contributed by atoms with E-state index in [0.717, 1.165) is 70.6 Å². The van der Waals surface area contributed by atoms with Crippen molar-refractivity contribution in [3.63, 3.8) is 0 Å². The van der Waals surface area contributed by atoms with Crippen LogP contribution in [0.3, 0.4) is 0 Å². The van der Waals surface area contributed by atoms with Gasteiger partial charge in [-0.25, -0.2) is 4.57 Å². The number of phosphoric acid groups is 1. The van der Waals surface area contributed by atoms with Crippen LogP contribution in [0.1, 0.15) is 174 Å². The first kappa shape index (κ1) is 45.3. The van der Waals surface area contributed by atoms with E-state index >= 15 is 0 Å². The first-order chi connectivity index (χ1) is 22.8. The third-order valence-corrected chi connectivity index (χ3v) is 8.41. The summed E-state index contributed by atoms with van der Waals surface area (Å²) in [5, 5.41) is 0. The summed E-state index contributed by atoms with van der Waals surface area (Å²) in [4.78, 5) is 42.7. The van der Waals surface area contributed by atoms with Gasteiger partial charge < -0.3 is 19.3 Å². The van der Waals surface area contributed by atoms with Gasteiger partial charge in [-0.05, 0) is 44.9 Å². The number of carbonyl (C=O) groups is 2. The third-order valence-electron chi connectivity index (χ3n) is 7.92. The van der Waals surface area contributed by atoms with Gasteiger partial charge in [-0.15, -0.1) is 0 Å². The molecule has 0 spiro atoms. The molecule has 0 aromatic carbocycles. The molecule has 274 valence electrons. The standard InChI is InChI=1S/C38H69O8P/c1-3-5-7-9-11-13-15-17-19-21-22-24-26-28-30-32-37(39)44-34-36(35-45-47(41,42)43)46-38(40)33-31-29-27-25-23-20-18-16-14-12-10-8-6-4-2/h5,7,11,13,17,19,36H,3-4,6,8-10,12,14-16,18,20-35H2,1-2H3,(H2,41,42,43)/b7-5-,13-11-,19-17-/t36-/m1/s1. The molecule has 0 aliphatic heterocycles. The van der Waals surface area contributed by atoms with Gasteiger partial charge in [0.2, 0.25) is 0 Å². The minimum absolute atomic E-state index is 0.210. The molecular weight excluding hydrogens is 615 g/mol. The molecule has 0 aromatic rings. The van der Waals surface area contributed by atoms with Gasteiger partial charge in [-0.3, -0.25) is 14.1 Å². The minimum atomic E-state index is -4.75. The summed E-state index contributed by atoms with van der Waals surface area (Å²) in [7, 11) is -4.75. The van der Waals surface area contributed by atoms with E-state index in [4.69, 9.17) is 19.3 Å². The second-order valence-corrected chi connectivity index (χ2v) is 13.8. The van der Waals surface area contributed by atoms with Crippen LogP contribution < -0.4 is 0 Å². The lowest BCUT2D eigenvalue weighted by Gasteiger charge is -2.18. The molecule has 47 heavy (non-hydrogen) atoms. The first-order valence-electron chi connectivity index (χ1n) is 18.8. The van der Waals surface area contributed by atoms with Crippen LogP contribution in [0.5, 0.6) is 0 Å². The van der Waals surface area contributed by atoms with E-state index in [1.165, 1.54) is 64.2 Å². The normalized spacial score (nSPS) is 12.9. The molecule has 0 radical (unpaired) electrons. The lowest BCUT2D eigenvalue weighted by Crippen LogP contribution is -2.29. The largest absolute Gasteiger partial charge is 0.469 e. The van der Waals surface area contributed by atoms with E-state index in [9.17, 15) is 14.2 Å². The van der Waals surface area contributed by atoms with Crippen molar-refractivity contribution < 1.29 is 37.9 Å². The number of phosphoric ester groups is 1. The summed E-state index contributed by atoms with van der Waals surface area (Å²) in [6, 6.07) is 0. The number of unbranched alkanes of at least 4 members (excludes halogenated alkanes) is 18. The molecule has 0 aromatic heterocycles. The van der Waals surface area contributed by atoms with Gasteiger partial charge in [-0.1, -0.05) is 153 Å². The Labute approximate surface area is 287 Å². The highest BCUT2D eigenvalue weighted by Crippen LogP contribution is 2.36. The number of carbonyl (C=O) groups excluding carboxylic acids is 2. The Bertz CT molecular complexity index is 864. The Morgan fingerprint density at radius 2 is 1.02 bits per heavy atom. The van der Waals surface area contributed by atoms with Crippen LogP contribution in [0.15, 0.2) is 36.5 Å². The Balaban J connectivity index is 3.98. The fourth-order valence-corrected chi connectivity index (χ4v) is 5.51. The van der Waals surface area contributed by atoms with Crippen molar-refractivity contribution in [2.24, 2.45) is 0 Å². The Kier molecular flexibility index (Phi) is 32.9.